The number of methoxy groups -OCH3 is 1. The maximum absolute atomic E-state index is 13.7. The van der Waals surface area contributed by atoms with E-state index in [1.807, 2.05) is 7.05 Å². The number of ether oxygens (including phenoxy) is 1. The highest BCUT2D eigenvalue weighted by Gasteiger charge is 2.28. The van der Waals surface area contributed by atoms with Crippen molar-refractivity contribution < 1.29 is 18.8 Å². The van der Waals surface area contributed by atoms with Crippen LogP contribution in [-0.2, 0) is 16.1 Å². The van der Waals surface area contributed by atoms with Crippen molar-refractivity contribution in [1.82, 2.24) is 4.90 Å². The zero-order valence-corrected chi connectivity index (χ0v) is 13.3. The molecule has 0 heterocycles. The number of benzene rings is 1. The van der Waals surface area contributed by atoms with Crippen LogP contribution in [0.1, 0.15) is 31.2 Å². The van der Waals surface area contributed by atoms with Gasteiger partial charge in [0.1, 0.15) is 0 Å². The van der Waals surface area contributed by atoms with E-state index >= 15 is 0 Å². The average Bonchev–Trinajstić information content (AvgIpc) is 2.54. The molecule has 7 heteroatoms. The first kappa shape index (κ1) is 17.3. The minimum absolute atomic E-state index is 0.0264. The maximum atomic E-state index is 13.7. The van der Waals surface area contributed by atoms with Crippen LogP contribution in [0.4, 0.5) is 10.1 Å². The van der Waals surface area contributed by atoms with Gasteiger partial charge in [-0.25, -0.2) is 0 Å². The number of esters is 1. The van der Waals surface area contributed by atoms with E-state index in [1.165, 1.54) is 19.2 Å². The fourth-order valence-corrected chi connectivity index (χ4v) is 3.13. The first-order valence-electron chi connectivity index (χ1n) is 7.63. The Morgan fingerprint density at radius 1 is 1.39 bits per heavy atom. The molecular weight excluding hydrogens is 303 g/mol. The van der Waals surface area contributed by atoms with E-state index in [4.69, 9.17) is 4.74 Å². The number of carbonyl (C=O) groups is 1. The topological polar surface area (TPSA) is 72.7 Å². The molecule has 0 atom stereocenters. The summed E-state index contributed by atoms with van der Waals surface area (Å²) < 4.78 is 18.4. The summed E-state index contributed by atoms with van der Waals surface area (Å²) in [5.41, 5.74) is 0.195. The summed E-state index contributed by atoms with van der Waals surface area (Å²) in [6, 6.07) is 4.31. The van der Waals surface area contributed by atoms with Crippen molar-refractivity contribution in [2.45, 2.75) is 38.3 Å². The Labute approximate surface area is 134 Å². The van der Waals surface area contributed by atoms with Gasteiger partial charge in [-0.2, -0.15) is 4.39 Å². The molecule has 1 aromatic carbocycles. The monoisotopic (exact) mass is 324 g/mol. The molecule has 2 rings (SSSR count). The molecular formula is C16H21FN2O4. The summed E-state index contributed by atoms with van der Waals surface area (Å²) in [5.74, 6) is -0.986. The van der Waals surface area contributed by atoms with Gasteiger partial charge in [0.25, 0.3) is 0 Å². The van der Waals surface area contributed by atoms with Crippen LogP contribution in [0.3, 0.4) is 0 Å². The third-order valence-corrected chi connectivity index (χ3v) is 4.50. The minimum atomic E-state index is -0.810. The molecule has 0 N–H and O–H groups in total. The fourth-order valence-electron chi connectivity index (χ4n) is 3.13. The molecule has 1 aliphatic carbocycles. The van der Waals surface area contributed by atoms with Gasteiger partial charge < -0.3 is 4.74 Å². The number of carbonyl (C=O) groups excluding carboxylic acids is 1. The lowest BCUT2D eigenvalue weighted by molar-refractivity contribution is -0.387. The van der Waals surface area contributed by atoms with Crippen LogP contribution in [0.25, 0.3) is 0 Å². The highest BCUT2D eigenvalue weighted by atomic mass is 19.1. The largest absolute Gasteiger partial charge is 0.469 e. The zero-order chi connectivity index (χ0) is 17.0. The lowest BCUT2D eigenvalue weighted by Gasteiger charge is -2.33. The Balaban J connectivity index is 1.93. The molecule has 0 spiro atoms. The van der Waals surface area contributed by atoms with Crippen molar-refractivity contribution >= 4 is 11.7 Å². The summed E-state index contributed by atoms with van der Waals surface area (Å²) >= 11 is 0. The lowest BCUT2D eigenvalue weighted by Crippen LogP contribution is -2.36. The normalized spacial score (nSPS) is 21.2. The van der Waals surface area contributed by atoms with Crippen molar-refractivity contribution in [2.75, 3.05) is 14.2 Å². The number of nitrogens with zero attached hydrogens (tertiary/aromatic N) is 2. The van der Waals surface area contributed by atoms with Gasteiger partial charge in [0.05, 0.1) is 18.0 Å². The van der Waals surface area contributed by atoms with Crippen molar-refractivity contribution in [3.63, 3.8) is 0 Å². The summed E-state index contributed by atoms with van der Waals surface area (Å²) in [7, 11) is 3.35. The number of hydrogen-bond donors (Lipinski definition) is 0. The van der Waals surface area contributed by atoms with E-state index in [2.05, 4.69) is 4.90 Å². The maximum Gasteiger partial charge on any atom is 0.308 e. The molecule has 1 fully saturated rings. The highest BCUT2D eigenvalue weighted by molar-refractivity contribution is 5.72. The predicted octanol–water partition coefficient (Wildman–Crippen LogP) is 2.90. The second-order valence-electron chi connectivity index (χ2n) is 5.99. The van der Waals surface area contributed by atoms with Gasteiger partial charge >= 0.3 is 11.7 Å². The molecule has 0 bridgehead atoms. The smallest absolute Gasteiger partial charge is 0.308 e. The van der Waals surface area contributed by atoms with E-state index < -0.39 is 16.4 Å². The zero-order valence-electron chi connectivity index (χ0n) is 13.3. The minimum Gasteiger partial charge on any atom is -0.469 e. The van der Waals surface area contributed by atoms with E-state index in [0.717, 1.165) is 25.7 Å². The van der Waals surface area contributed by atoms with Crippen molar-refractivity contribution in [3.05, 3.63) is 39.7 Å². The predicted molar refractivity (Wildman–Crippen MR) is 82.3 cm³/mol. The van der Waals surface area contributed by atoms with Crippen LogP contribution in [0.15, 0.2) is 18.2 Å². The highest BCUT2D eigenvalue weighted by Crippen LogP contribution is 2.29. The third-order valence-electron chi connectivity index (χ3n) is 4.50. The van der Waals surface area contributed by atoms with E-state index in [9.17, 15) is 19.3 Å². The standard InChI is InChI=1S/C16H21FN2O4/c1-18(13-6-4-12(5-7-13)16(20)23-2)10-11-3-8-15(19(21)22)14(17)9-11/h3,8-9,12-13H,4-7,10H2,1-2H3/t12-,13-. The van der Waals surface area contributed by atoms with Gasteiger partial charge in [0.2, 0.25) is 5.82 Å². The van der Waals surface area contributed by atoms with Gasteiger partial charge in [-0.05, 0) is 44.4 Å². The molecule has 0 amide bonds. The van der Waals surface area contributed by atoms with Gasteiger partial charge in [0.15, 0.2) is 0 Å². The van der Waals surface area contributed by atoms with Crippen LogP contribution in [0.2, 0.25) is 0 Å². The quantitative estimate of drug-likeness (QED) is 0.473. The van der Waals surface area contributed by atoms with Crippen LogP contribution < -0.4 is 0 Å². The van der Waals surface area contributed by atoms with E-state index in [1.54, 1.807) is 6.07 Å². The fraction of sp³-hybridized carbons (Fsp3) is 0.562. The summed E-state index contributed by atoms with van der Waals surface area (Å²) in [6.07, 6.45) is 3.34. The molecule has 0 aromatic heterocycles. The summed E-state index contributed by atoms with van der Waals surface area (Å²) in [5, 5.41) is 10.6. The number of halogens is 1. The third kappa shape index (κ3) is 4.25. The Morgan fingerprint density at radius 2 is 2.04 bits per heavy atom. The van der Waals surface area contributed by atoms with E-state index in [-0.39, 0.29) is 11.9 Å². The van der Waals surface area contributed by atoms with Gasteiger partial charge in [0, 0.05) is 18.7 Å². The van der Waals surface area contributed by atoms with Crippen LogP contribution >= 0.6 is 0 Å². The molecule has 23 heavy (non-hydrogen) atoms. The van der Waals surface area contributed by atoms with Crippen LogP contribution in [0.5, 0.6) is 0 Å². The first-order chi connectivity index (χ1) is 10.9. The van der Waals surface area contributed by atoms with Crippen LogP contribution in [0, 0.1) is 21.8 Å². The summed E-state index contributed by atoms with van der Waals surface area (Å²) in [6.45, 7) is 0.516. The SMILES string of the molecule is COC(=O)[C@H]1CC[C@H](N(C)Cc2ccc([N+](=O)[O-])c(F)c2)CC1. The van der Waals surface area contributed by atoms with Gasteiger partial charge in [-0.15, -0.1) is 0 Å². The molecule has 1 aliphatic rings. The Hall–Kier alpha value is -2.02. The van der Waals surface area contributed by atoms with E-state index in [0.29, 0.717) is 18.2 Å². The Morgan fingerprint density at radius 3 is 2.57 bits per heavy atom. The number of hydrogen-bond acceptors (Lipinski definition) is 5. The van der Waals surface area contributed by atoms with Crippen LogP contribution in [-0.4, -0.2) is 36.0 Å². The molecule has 126 valence electrons. The molecule has 1 saturated carbocycles. The molecule has 1 aromatic rings. The number of nitro benzene ring substituents is 1. The second-order valence-corrected chi connectivity index (χ2v) is 5.99. The van der Waals surface area contributed by atoms with Crippen molar-refractivity contribution in [1.29, 1.82) is 0 Å². The molecule has 0 unspecified atom stereocenters. The molecule has 0 aliphatic heterocycles. The Kier molecular flexibility index (Phi) is 5.65. The average molecular weight is 324 g/mol. The first-order valence-corrected chi connectivity index (χ1v) is 7.63. The molecule has 0 radical (unpaired) electrons. The second kappa shape index (κ2) is 7.50. The van der Waals surface area contributed by atoms with Crippen molar-refractivity contribution in [2.24, 2.45) is 5.92 Å². The molecule has 0 saturated heterocycles. The van der Waals surface area contributed by atoms with Gasteiger partial charge in [-0.1, -0.05) is 6.07 Å². The lowest BCUT2D eigenvalue weighted by atomic mass is 9.85. The van der Waals surface area contributed by atoms with Crippen molar-refractivity contribution in [3.8, 4) is 0 Å². The molecule has 6 nitrogen and oxygen atoms in total. The Bertz CT molecular complexity index is 585. The number of rotatable bonds is 5. The van der Waals surface area contributed by atoms with Gasteiger partial charge in [-0.3, -0.25) is 19.8 Å². The summed E-state index contributed by atoms with van der Waals surface area (Å²) in [4.78, 5) is 23.5. The number of nitro groups is 1.